The van der Waals surface area contributed by atoms with Gasteiger partial charge in [-0.3, -0.25) is 9.59 Å². The highest BCUT2D eigenvalue weighted by Crippen LogP contribution is 2.26. The molecule has 2 amide bonds. The number of likely N-dealkylation sites (tertiary alicyclic amines) is 1. The lowest BCUT2D eigenvalue weighted by Crippen LogP contribution is -2.53. The highest BCUT2D eigenvalue weighted by Gasteiger charge is 2.48. The van der Waals surface area contributed by atoms with Crippen LogP contribution in [0.2, 0.25) is 0 Å². The standard InChI is InChI=1S/C20H24Cl2F3N3O4/c21-6-9-27(10-7-22)14-4-1-3-13(11-14)12-15(18(30)31)26-17(29)16-5-2-8-28(16)19(32)20(23,24)25/h1,3-4,11,15-16H,2,5-10,12H2,(H,26,29)(H,30,31)/t15-,16-/m0/s1. The van der Waals surface area contributed by atoms with Gasteiger partial charge in [-0.15, -0.1) is 23.2 Å². The number of alkyl halides is 5. The van der Waals surface area contributed by atoms with E-state index < -0.39 is 36.0 Å². The van der Waals surface area contributed by atoms with Crippen molar-refractivity contribution < 1.29 is 32.7 Å². The molecule has 0 bridgehead atoms. The Hall–Kier alpha value is -2.20. The van der Waals surface area contributed by atoms with Crippen molar-refractivity contribution in [3.05, 3.63) is 29.8 Å². The Kier molecular flexibility index (Phi) is 9.45. The summed E-state index contributed by atoms with van der Waals surface area (Å²) in [6, 6.07) is 4.23. The zero-order chi connectivity index (χ0) is 23.9. The second-order valence-electron chi connectivity index (χ2n) is 7.29. The molecule has 1 fully saturated rings. The number of anilines is 1. The first kappa shape index (κ1) is 26.1. The number of halogens is 5. The minimum absolute atomic E-state index is 0.0291. The summed E-state index contributed by atoms with van der Waals surface area (Å²) in [6.45, 7) is 0.844. The average molecular weight is 498 g/mol. The first-order chi connectivity index (χ1) is 15.1. The van der Waals surface area contributed by atoms with Gasteiger partial charge in [0.05, 0.1) is 0 Å². The molecule has 32 heavy (non-hydrogen) atoms. The van der Waals surface area contributed by atoms with E-state index in [0.717, 1.165) is 5.69 Å². The highest BCUT2D eigenvalue weighted by molar-refractivity contribution is 6.18. The third kappa shape index (κ3) is 6.90. The Bertz CT molecular complexity index is 820. The molecule has 1 aliphatic heterocycles. The van der Waals surface area contributed by atoms with Crippen LogP contribution in [0.3, 0.4) is 0 Å². The van der Waals surface area contributed by atoms with Crippen molar-refractivity contribution in [2.45, 2.75) is 37.5 Å². The van der Waals surface area contributed by atoms with Crippen molar-refractivity contribution in [2.75, 3.05) is 36.3 Å². The van der Waals surface area contributed by atoms with Gasteiger partial charge in [-0.25, -0.2) is 4.79 Å². The maximum Gasteiger partial charge on any atom is 0.471 e. The van der Waals surface area contributed by atoms with E-state index in [-0.39, 0.29) is 25.8 Å². The van der Waals surface area contributed by atoms with Gasteiger partial charge >= 0.3 is 18.1 Å². The van der Waals surface area contributed by atoms with Gasteiger partial charge in [-0.2, -0.15) is 13.2 Å². The maximum absolute atomic E-state index is 12.8. The number of rotatable bonds is 10. The van der Waals surface area contributed by atoms with E-state index in [0.29, 0.717) is 35.3 Å². The Morgan fingerprint density at radius 1 is 1.22 bits per heavy atom. The minimum atomic E-state index is -5.10. The van der Waals surface area contributed by atoms with E-state index in [2.05, 4.69) is 5.32 Å². The molecule has 2 rings (SSSR count). The van der Waals surface area contributed by atoms with Gasteiger partial charge in [0.15, 0.2) is 0 Å². The molecular weight excluding hydrogens is 474 g/mol. The predicted octanol–water partition coefficient (Wildman–Crippen LogP) is 2.64. The Balaban J connectivity index is 2.13. The van der Waals surface area contributed by atoms with Crippen molar-refractivity contribution in [3.8, 4) is 0 Å². The molecule has 1 aromatic rings. The first-order valence-electron chi connectivity index (χ1n) is 9.95. The van der Waals surface area contributed by atoms with Gasteiger partial charge in [-0.1, -0.05) is 12.1 Å². The normalized spacial score (nSPS) is 17.2. The lowest BCUT2D eigenvalue weighted by atomic mass is 10.0. The number of carboxylic acid groups (broad SMARTS) is 1. The summed E-state index contributed by atoms with van der Waals surface area (Å²) in [5, 5.41) is 11.8. The molecule has 0 aliphatic carbocycles. The van der Waals surface area contributed by atoms with E-state index >= 15 is 0 Å². The molecule has 1 aliphatic rings. The van der Waals surface area contributed by atoms with Crippen molar-refractivity contribution in [1.29, 1.82) is 0 Å². The Labute approximate surface area is 193 Å². The molecule has 0 aromatic heterocycles. The summed E-state index contributed by atoms with van der Waals surface area (Å²) in [4.78, 5) is 38.3. The van der Waals surface area contributed by atoms with Crippen LogP contribution >= 0.6 is 23.2 Å². The fourth-order valence-corrected chi connectivity index (χ4v) is 4.01. The fourth-order valence-electron chi connectivity index (χ4n) is 3.60. The third-order valence-corrected chi connectivity index (χ3v) is 5.44. The molecule has 0 saturated carbocycles. The zero-order valence-electron chi connectivity index (χ0n) is 17.1. The van der Waals surface area contributed by atoms with Crippen LogP contribution < -0.4 is 10.2 Å². The van der Waals surface area contributed by atoms with Crippen LogP contribution in [0, 0.1) is 0 Å². The average Bonchev–Trinajstić information content (AvgIpc) is 3.21. The molecule has 2 atom stereocenters. The van der Waals surface area contributed by atoms with Crippen LogP contribution in [0.1, 0.15) is 18.4 Å². The number of aliphatic carboxylic acids is 1. The zero-order valence-corrected chi connectivity index (χ0v) is 18.6. The molecule has 2 N–H and O–H groups in total. The van der Waals surface area contributed by atoms with Gasteiger partial charge in [0, 0.05) is 43.5 Å². The molecule has 0 radical (unpaired) electrons. The van der Waals surface area contributed by atoms with E-state index in [1.807, 2.05) is 11.0 Å². The smallest absolute Gasteiger partial charge is 0.471 e. The number of hydrogen-bond donors (Lipinski definition) is 2. The monoisotopic (exact) mass is 497 g/mol. The molecule has 7 nitrogen and oxygen atoms in total. The van der Waals surface area contributed by atoms with Crippen molar-refractivity contribution in [3.63, 3.8) is 0 Å². The first-order valence-corrected chi connectivity index (χ1v) is 11.0. The number of amides is 2. The van der Waals surface area contributed by atoms with E-state index in [1.165, 1.54) is 0 Å². The second kappa shape index (κ2) is 11.6. The number of carbonyl (C=O) groups is 3. The van der Waals surface area contributed by atoms with Gasteiger partial charge < -0.3 is 20.2 Å². The number of benzene rings is 1. The lowest BCUT2D eigenvalue weighted by Gasteiger charge is -2.26. The topological polar surface area (TPSA) is 89.9 Å². The van der Waals surface area contributed by atoms with Crippen LogP contribution in [0.5, 0.6) is 0 Å². The SMILES string of the molecule is O=C(O)[C@H](Cc1cccc(N(CCCl)CCCl)c1)NC(=O)[C@@H]1CCCN1C(=O)C(F)(F)F. The molecular formula is C20H24Cl2F3N3O4. The van der Waals surface area contributed by atoms with Crippen molar-refractivity contribution in [1.82, 2.24) is 10.2 Å². The van der Waals surface area contributed by atoms with Crippen LogP contribution in [-0.4, -0.2) is 77.4 Å². The maximum atomic E-state index is 12.8. The van der Waals surface area contributed by atoms with E-state index in [1.54, 1.807) is 18.2 Å². The molecule has 1 aromatic carbocycles. The summed E-state index contributed by atoms with van der Waals surface area (Å²) in [7, 11) is 0. The highest BCUT2D eigenvalue weighted by atomic mass is 35.5. The number of nitrogens with one attached hydrogen (secondary N) is 1. The molecule has 0 unspecified atom stereocenters. The number of carbonyl (C=O) groups excluding carboxylic acids is 2. The summed E-state index contributed by atoms with van der Waals surface area (Å²) < 4.78 is 38.4. The van der Waals surface area contributed by atoms with Gasteiger partial charge in [0.2, 0.25) is 5.91 Å². The third-order valence-electron chi connectivity index (χ3n) is 5.10. The minimum Gasteiger partial charge on any atom is -0.480 e. The lowest BCUT2D eigenvalue weighted by molar-refractivity contribution is -0.186. The molecule has 12 heteroatoms. The van der Waals surface area contributed by atoms with Crippen LogP contribution in [0.4, 0.5) is 18.9 Å². The summed E-state index contributed by atoms with van der Waals surface area (Å²) in [5.74, 6) is -3.64. The van der Waals surface area contributed by atoms with Crippen LogP contribution in [0.15, 0.2) is 24.3 Å². The Morgan fingerprint density at radius 2 is 1.88 bits per heavy atom. The largest absolute Gasteiger partial charge is 0.480 e. The summed E-state index contributed by atoms with van der Waals surface area (Å²) in [6.07, 6.45) is -4.95. The van der Waals surface area contributed by atoms with Crippen LogP contribution in [0.25, 0.3) is 0 Å². The number of carboxylic acids is 1. The van der Waals surface area contributed by atoms with Crippen LogP contribution in [-0.2, 0) is 20.8 Å². The number of hydrogen-bond acceptors (Lipinski definition) is 4. The Morgan fingerprint density at radius 3 is 2.44 bits per heavy atom. The summed E-state index contributed by atoms with van der Waals surface area (Å²) in [5.41, 5.74) is 1.37. The van der Waals surface area contributed by atoms with E-state index in [9.17, 15) is 32.7 Å². The molecule has 0 spiro atoms. The van der Waals surface area contributed by atoms with Gasteiger partial charge in [-0.05, 0) is 30.5 Å². The molecule has 1 heterocycles. The quantitative estimate of drug-likeness (QED) is 0.485. The molecule has 178 valence electrons. The summed E-state index contributed by atoms with van der Waals surface area (Å²) >= 11 is 11.6. The van der Waals surface area contributed by atoms with Gasteiger partial charge in [0.1, 0.15) is 12.1 Å². The molecule has 1 saturated heterocycles. The van der Waals surface area contributed by atoms with Crippen molar-refractivity contribution >= 4 is 46.7 Å². The van der Waals surface area contributed by atoms with E-state index in [4.69, 9.17) is 23.2 Å². The van der Waals surface area contributed by atoms with Crippen molar-refractivity contribution in [2.24, 2.45) is 0 Å². The van der Waals surface area contributed by atoms with Gasteiger partial charge in [0.25, 0.3) is 0 Å². The predicted molar refractivity (Wildman–Crippen MR) is 114 cm³/mol. The second-order valence-corrected chi connectivity index (χ2v) is 8.05. The fraction of sp³-hybridized carbons (Fsp3) is 0.550. The number of nitrogens with zero attached hydrogens (tertiary/aromatic N) is 2.